The average molecular weight is 390 g/mol. The molecule has 1 aromatic heterocycles. The molecule has 0 saturated carbocycles. The topological polar surface area (TPSA) is 125 Å². The summed E-state index contributed by atoms with van der Waals surface area (Å²) in [6.45, 7) is 2.33. The van der Waals surface area contributed by atoms with Crippen LogP contribution in [-0.4, -0.2) is 40.2 Å². The van der Waals surface area contributed by atoms with Crippen molar-refractivity contribution in [1.29, 1.82) is 0 Å². The number of rotatable bonds is 7. The van der Waals surface area contributed by atoms with Gasteiger partial charge < -0.3 is 15.2 Å². The van der Waals surface area contributed by atoms with E-state index in [1.54, 1.807) is 12.1 Å². The summed E-state index contributed by atoms with van der Waals surface area (Å²) in [4.78, 5) is 13.4. The predicted molar refractivity (Wildman–Crippen MR) is 88.8 cm³/mol. The zero-order valence-corrected chi connectivity index (χ0v) is 15.0. The first-order chi connectivity index (χ1) is 11.5. The number of hydrogen-bond acceptors (Lipinski definition) is 7. The number of nitro groups is 1. The van der Waals surface area contributed by atoms with E-state index in [9.17, 15) is 23.6 Å². The van der Waals surface area contributed by atoms with E-state index < -0.39 is 33.1 Å². The Balaban J connectivity index is 2.08. The molecule has 1 N–H and O–H groups in total. The van der Waals surface area contributed by atoms with Crippen LogP contribution in [0.3, 0.4) is 0 Å². The van der Waals surface area contributed by atoms with Gasteiger partial charge >= 0.3 is 11.1 Å². The van der Waals surface area contributed by atoms with E-state index in [4.69, 9.17) is 15.8 Å². The Bertz CT molecular complexity index is 876. The van der Waals surface area contributed by atoms with E-state index in [1.807, 2.05) is 6.92 Å². The van der Waals surface area contributed by atoms with Crippen molar-refractivity contribution in [2.75, 3.05) is 6.61 Å². The van der Waals surface area contributed by atoms with Crippen LogP contribution >= 0.6 is 11.6 Å². The monoisotopic (exact) mass is 389 g/mol. The van der Waals surface area contributed by atoms with Crippen LogP contribution < -0.4 is 0 Å². The van der Waals surface area contributed by atoms with Crippen LogP contribution in [0.4, 0.5) is 5.82 Å². The van der Waals surface area contributed by atoms with Gasteiger partial charge in [-0.2, -0.15) is 8.42 Å². The third-order valence-corrected chi connectivity index (χ3v) is 4.83. The average Bonchev–Trinajstić information content (AvgIpc) is 2.87. The summed E-state index contributed by atoms with van der Waals surface area (Å²) in [6, 6.07) is 6.04. The van der Waals surface area contributed by atoms with E-state index >= 15 is 0 Å². The lowest BCUT2D eigenvalue weighted by atomic mass is 10.1. The molecule has 1 atom stereocenters. The van der Waals surface area contributed by atoms with Crippen molar-refractivity contribution in [2.45, 2.75) is 30.9 Å². The van der Waals surface area contributed by atoms with Gasteiger partial charge in [-0.05, 0) is 47.5 Å². The molecular weight excluding hydrogens is 374 g/mol. The van der Waals surface area contributed by atoms with Crippen molar-refractivity contribution in [3.05, 3.63) is 51.4 Å². The Morgan fingerprint density at radius 2 is 2.00 bits per heavy atom. The van der Waals surface area contributed by atoms with Crippen molar-refractivity contribution >= 4 is 27.5 Å². The van der Waals surface area contributed by atoms with Crippen LogP contribution in [0.5, 0.6) is 0 Å². The second kappa shape index (κ2) is 7.08. The second-order valence-electron chi connectivity index (χ2n) is 5.78. The molecule has 1 aromatic carbocycles. The van der Waals surface area contributed by atoms with E-state index in [1.165, 1.54) is 19.1 Å². The zero-order chi connectivity index (χ0) is 18.8. The SMILES string of the molecule is Cc1ccc(S(=O)(=O)OC[C@](C)(O)Cn2cc([N+](=O)[O-])nc2Cl)cc1. The number of nitrogens with zero attached hydrogens (tertiary/aromatic N) is 3. The first-order valence-electron chi connectivity index (χ1n) is 7.06. The highest BCUT2D eigenvalue weighted by atomic mass is 35.5. The molecule has 0 aliphatic carbocycles. The third-order valence-electron chi connectivity index (χ3n) is 3.25. The number of hydrogen-bond donors (Lipinski definition) is 1. The molecule has 2 aromatic rings. The molecule has 25 heavy (non-hydrogen) atoms. The molecular formula is C14H16ClN3O6S. The molecule has 1 heterocycles. The van der Waals surface area contributed by atoms with Crippen LogP contribution in [0, 0.1) is 17.0 Å². The summed E-state index contributed by atoms with van der Waals surface area (Å²) in [5, 5.41) is 20.8. The molecule has 9 nitrogen and oxygen atoms in total. The normalized spacial score (nSPS) is 14.2. The van der Waals surface area contributed by atoms with E-state index in [0.717, 1.165) is 16.3 Å². The fraction of sp³-hybridized carbons (Fsp3) is 0.357. The van der Waals surface area contributed by atoms with Gasteiger partial charge in [0.15, 0.2) is 0 Å². The summed E-state index contributed by atoms with van der Waals surface area (Å²) in [6.07, 6.45) is 1.05. The van der Waals surface area contributed by atoms with Gasteiger partial charge in [0.25, 0.3) is 10.1 Å². The largest absolute Gasteiger partial charge is 0.386 e. The molecule has 0 aliphatic rings. The van der Waals surface area contributed by atoms with Crippen LogP contribution in [0.15, 0.2) is 35.4 Å². The summed E-state index contributed by atoms with van der Waals surface area (Å²) in [7, 11) is -4.05. The molecule has 0 unspecified atom stereocenters. The standard InChI is InChI=1S/C14H16ClN3O6S/c1-10-3-5-11(6-4-10)25(22,23)24-9-14(2,19)8-17-7-12(18(20)21)16-13(17)15/h3-7,19H,8-9H2,1-2H3/t14-/m1/s1. The minimum absolute atomic E-state index is 0.0369. The molecule has 0 amide bonds. The lowest BCUT2D eigenvalue weighted by Gasteiger charge is -2.22. The lowest BCUT2D eigenvalue weighted by Crippen LogP contribution is -2.36. The Labute approximate surface area is 149 Å². The van der Waals surface area contributed by atoms with Crippen molar-refractivity contribution < 1.29 is 22.6 Å². The quantitative estimate of drug-likeness (QED) is 0.435. The molecule has 0 aliphatic heterocycles. The third kappa shape index (κ3) is 4.98. The number of imidazole rings is 1. The Hall–Kier alpha value is -2.01. The Morgan fingerprint density at radius 3 is 2.52 bits per heavy atom. The maximum atomic E-state index is 12.1. The van der Waals surface area contributed by atoms with Crippen LogP contribution in [0.1, 0.15) is 12.5 Å². The van der Waals surface area contributed by atoms with Crippen LogP contribution in [0.2, 0.25) is 5.28 Å². The van der Waals surface area contributed by atoms with Gasteiger partial charge in [-0.25, -0.2) is 0 Å². The Kier molecular flexibility index (Phi) is 5.47. The van der Waals surface area contributed by atoms with Crippen molar-refractivity contribution in [3.63, 3.8) is 0 Å². The fourth-order valence-corrected chi connectivity index (χ4v) is 3.18. The van der Waals surface area contributed by atoms with Crippen LogP contribution in [-0.2, 0) is 20.8 Å². The minimum Gasteiger partial charge on any atom is -0.386 e. The molecule has 0 radical (unpaired) electrons. The highest BCUT2D eigenvalue weighted by Gasteiger charge is 2.29. The van der Waals surface area contributed by atoms with E-state index in [2.05, 4.69) is 4.98 Å². The molecule has 136 valence electrons. The lowest BCUT2D eigenvalue weighted by molar-refractivity contribution is -0.389. The number of halogens is 1. The summed E-state index contributed by atoms with van der Waals surface area (Å²) >= 11 is 5.77. The molecule has 0 spiro atoms. The molecule has 0 bridgehead atoms. The molecule has 0 fully saturated rings. The summed E-state index contributed by atoms with van der Waals surface area (Å²) in [5.41, 5.74) is -0.766. The minimum atomic E-state index is -4.05. The van der Waals surface area contributed by atoms with Gasteiger partial charge in [-0.3, -0.25) is 8.75 Å². The first kappa shape index (κ1) is 19.3. The van der Waals surface area contributed by atoms with Gasteiger partial charge in [0.2, 0.25) is 0 Å². The summed E-state index contributed by atoms with van der Waals surface area (Å²) in [5.74, 6) is -0.478. The van der Waals surface area contributed by atoms with Gasteiger partial charge in [0.1, 0.15) is 11.8 Å². The van der Waals surface area contributed by atoms with Crippen molar-refractivity contribution in [2.24, 2.45) is 0 Å². The smallest absolute Gasteiger partial charge is 0.383 e. The predicted octanol–water partition coefficient (Wildman–Crippen LogP) is 1.91. The number of aromatic nitrogens is 2. The number of aryl methyl sites for hydroxylation is 1. The second-order valence-corrected chi connectivity index (χ2v) is 7.73. The number of aliphatic hydroxyl groups is 1. The fourth-order valence-electron chi connectivity index (χ4n) is 1.97. The Morgan fingerprint density at radius 1 is 1.40 bits per heavy atom. The van der Waals surface area contributed by atoms with Crippen molar-refractivity contribution in [3.8, 4) is 0 Å². The highest BCUT2D eigenvalue weighted by molar-refractivity contribution is 7.86. The van der Waals surface area contributed by atoms with Gasteiger partial charge in [0.05, 0.1) is 18.0 Å². The van der Waals surface area contributed by atoms with Crippen LogP contribution in [0.25, 0.3) is 0 Å². The summed E-state index contributed by atoms with van der Waals surface area (Å²) < 4.78 is 30.3. The molecule has 2 rings (SSSR count). The van der Waals surface area contributed by atoms with Gasteiger partial charge in [-0.15, -0.1) is 0 Å². The van der Waals surface area contributed by atoms with E-state index in [-0.39, 0.29) is 16.7 Å². The van der Waals surface area contributed by atoms with Crippen molar-refractivity contribution in [1.82, 2.24) is 9.55 Å². The maximum Gasteiger partial charge on any atom is 0.383 e. The number of benzene rings is 1. The maximum absolute atomic E-state index is 12.1. The zero-order valence-electron chi connectivity index (χ0n) is 13.4. The first-order valence-corrected chi connectivity index (χ1v) is 8.84. The van der Waals surface area contributed by atoms with Gasteiger partial charge in [0, 0.05) is 0 Å². The van der Waals surface area contributed by atoms with Gasteiger partial charge in [-0.1, -0.05) is 17.7 Å². The molecule has 11 heteroatoms. The molecule has 0 saturated heterocycles. The van der Waals surface area contributed by atoms with E-state index in [0.29, 0.717) is 0 Å². The highest BCUT2D eigenvalue weighted by Crippen LogP contribution is 2.21.